The van der Waals surface area contributed by atoms with E-state index in [4.69, 9.17) is 9.26 Å². The van der Waals surface area contributed by atoms with Crippen molar-refractivity contribution in [2.24, 2.45) is 0 Å². The number of rotatable bonds is 5. The fourth-order valence-corrected chi connectivity index (χ4v) is 2.56. The second-order valence-electron chi connectivity index (χ2n) is 5.49. The first-order valence-electron chi connectivity index (χ1n) is 7.25. The average molecular weight is 344 g/mol. The number of alkyl halides is 3. The Labute approximate surface area is 134 Å². The van der Waals surface area contributed by atoms with Crippen LogP contribution in [-0.4, -0.2) is 52.7 Å². The van der Waals surface area contributed by atoms with Crippen LogP contribution in [-0.2, 0) is 15.7 Å². The van der Waals surface area contributed by atoms with Crippen molar-refractivity contribution in [1.29, 1.82) is 0 Å². The lowest BCUT2D eigenvalue weighted by Gasteiger charge is -2.14. The van der Waals surface area contributed by atoms with Crippen LogP contribution in [0.2, 0.25) is 0 Å². The standard InChI is InChI=1S/C14H15F3N4O3/c1-23-3-2-21-7-9(5-11(21)22)13-19-12(20-24-13)8-4-10(18-6-8)14(15,16)17/h4,6,9,18H,2-3,5,7H2,1H3. The van der Waals surface area contributed by atoms with Crippen LogP contribution in [0.4, 0.5) is 13.2 Å². The van der Waals surface area contributed by atoms with Gasteiger partial charge in [-0.15, -0.1) is 0 Å². The van der Waals surface area contributed by atoms with Crippen LogP contribution in [0.15, 0.2) is 16.8 Å². The highest BCUT2D eigenvalue weighted by molar-refractivity contribution is 5.79. The fourth-order valence-electron chi connectivity index (χ4n) is 2.56. The number of likely N-dealkylation sites (tertiary alicyclic amines) is 1. The molecular weight excluding hydrogens is 329 g/mol. The largest absolute Gasteiger partial charge is 0.431 e. The minimum absolute atomic E-state index is 0.0437. The summed E-state index contributed by atoms with van der Waals surface area (Å²) in [7, 11) is 1.55. The summed E-state index contributed by atoms with van der Waals surface area (Å²) >= 11 is 0. The van der Waals surface area contributed by atoms with Crippen molar-refractivity contribution in [3.05, 3.63) is 23.8 Å². The van der Waals surface area contributed by atoms with Crippen LogP contribution >= 0.6 is 0 Å². The van der Waals surface area contributed by atoms with Crippen molar-refractivity contribution in [2.75, 3.05) is 26.8 Å². The molecule has 0 spiro atoms. The van der Waals surface area contributed by atoms with E-state index in [1.807, 2.05) is 0 Å². The molecule has 1 unspecified atom stereocenters. The molecule has 0 aromatic carbocycles. The molecule has 1 N–H and O–H groups in total. The molecule has 1 amide bonds. The highest BCUT2D eigenvalue weighted by Gasteiger charge is 2.35. The number of carbonyl (C=O) groups excluding carboxylic acids is 1. The lowest BCUT2D eigenvalue weighted by molar-refractivity contribution is -0.140. The second-order valence-corrected chi connectivity index (χ2v) is 5.49. The molecule has 0 aliphatic carbocycles. The maximum atomic E-state index is 12.6. The van der Waals surface area contributed by atoms with Gasteiger partial charge in [0.05, 0.1) is 12.5 Å². The van der Waals surface area contributed by atoms with Gasteiger partial charge < -0.3 is 19.1 Å². The third-order valence-corrected chi connectivity index (χ3v) is 3.82. The zero-order valence-electron chi connectivity index (χ0n) is 12.8. The van der Waals surface area contributed by atoms with Gasteiger partial charge in [0.15, 0.2) is 0 Å². The smallest absolute Gasteiger partial charge is 0.383 e. The summed E-state index contributed by atoms with van der Waals surface area (Å²) < 4.78 is 47.9. The van der Waals surface area contributed by atoms with Crippen LogP contribution < -0.4 is 0 Å². The molecule has 0 radical (unpaired) electrons. The van der Waals surface area contributed by atoms with Gasteiger partial charge in [0, 0.05) is 38.4 Å². The summed E-state index contributed by atoms with van der Waals surface area (Å²) in [6.45, 7) is 1.32. The molecule has 3 rings (SSSR count). The van der Waals surface area contributed by atoms with Crippen LogP contribution in [0.3, 0.4) is 0 Å². The number of hydrogen-bond donors (Lipinski definition) is 1. The van der Waals surface area contributed by atoms with Gasteiger partial charge in [-0.1, -0.05) is 5.16 Å². The van der Waals surface area contributed by atoms with E-state index in [9.17, 15) is 18.0 Å². The zero-order valence-corrected chi connectivity index (χ0v) is 12.8. The highest BCUT2D eigenvalue weighted by Crippen LogP contribution is 2.32. The second kappa shape index (κ2) is 6.27. The molecule has 2 aromatic heterocycles. The number of halogens is 3. The molecule has 1 fully saturated rings. The van der Waals surface area contributed by atoms with E-state index in [2.05, 4.69) is 15.1 Å². The Balaban J connectivity index is 1.72. The minimum atomic E-state index is -4.47. The maximum absolute atomic E-state index is 12.6. The van der Waals surface area contributed by atoms with Crippen LogP contribution in [0.1, 0.15) is 23.9 Å². The first-order chi connectivity index (χ1) is 11.4. The Morgan fingerprint density at radius 2 is 2.29 bits per heavy atom. The number of carbonyl (C=O) groups is 1. The normalized spacial score (nSPS) is 18.6. The number of methoxy groups -OCH3 is 1. The molecule has 1 atom stereocenters. The number of ether oxygens (including phenoxy) is 1. The lowest BCUT2D eigenvalue weighted by Crippen LogP contribution is -2.28. The number of nitrogens with one attached hydrogen (secondary N) is 1. The summed E-state index contributed by atoms with van der Waals surface area (Å²) in [4.78, 5) is 19.8. The summed E-state index contributed by atoms with van der Waals surface area (Å²) in [5, 5.41) is 3.71. The topological polar surface area (TPSA) is 84.2 Å². The van der Waals surface area contributed by atoms with Gasteiger partial charge in [0.25, 0.3) is 0 Å². The predicted molar refractivity (Wildman–Crippen MR) is 74.9 cm³/mol. The first-order valence-corrected chi connectivity index (χ1v) is 7.25. The van der Waals surface area contributed by atoms with Crippen LogP contribution in [0.5, 0.6) is 0 Å². The Morgan fingerprint density at radius 3 is 2.96 bits per heavy atom. The van der Waals surface area contributed by atoms with Crippen molar-refractivity contribution in [3.8, 4) is 11.4 Å². The monoisotopic (exact) mass is 344 g/mol. The van der Waals surface area contributed by atoms with Crippen molar-refractivity contribution < 1.29 is 27.2 Å². The molecule has 7 nitrogen and oxygen atoms in total. The summed E-state index contributed by atoms with van der Waals surface area (Å²) in [5.41, 5.74) is -0.705. The molecule has 24 heavy (non-hydrogen) atoms. The van der Waals surface area contributed by atoms with E-state index in [0.717, 1.165) is 6.07 Å². The number of amides is 1. The Morgan fingerprint density at radius 1 is 1.50 bits per heavy atom. The van der Waals surface area contributed by atoms with Gasteiger partial charge in [-0.25, -0.2) is 0 Å². The quantitative estimate of drug-likeness (QED) is 0.897. The molecule has 0 bridgehead atoms. The van der Waals surface area contributed by atoms with Gasteiger partial charge in [-0.2, -0.15) is 18.2 Å². The third-order valence-electron chi connectivity index (χ3n) is 3.82. The maximum Gasteiger partial charge on any atom is 0.431 e. The Kier molecular flexibility index (Phi) is 4.31. The molecule has 0 saturated carbocycles. The molecule has 1 aliphatic rings. The van der Waals surface area contributed by atoms with Crippen molar-refractivity contribution in [3.63, 3.8) is 0 Å². The first kappa shape index (κ1) is 16.5. The Hall–Kier alpha value is -2.36. The van der Waals surface area contributed by atoms with E-state index in [1.165, 1.54) is 6.20 Å². The van der Waals surface area contributed by atoms with Gasteiger partial charge >= 0.3 is 6.18 Å². The lowest BCUT2D eigenvalue weighted by atomic mass is 10.1. The van der Waals surface area contributed by atoms with E-state index in [0.29, 0.717) is 19.7 Å². The molecule has 130 valence electrons. The van der Waals surface area contributed by atoms with E-state index in [-0.39, 0.29) is 35.5 Å². The number of H-pyrrole nitrogens is 1. The van der Waals surface area contributed by atoms with Gasteiger partial charge in [0.2, 0.25) is 17.6 Å². The van der Waals surface area contributed by atoms with Gasteiger partial charge in [0.1, 0.15) is 5.69 Å². The highest BCUT2D eigenvalue weighted by atomic mass is 19.4. The third kappa shape index (κ3) is 3.28. The van der Waals surface area contributed by atoms with Crippen molar-refractivity contribution in [1.82, 2.24) is 20.0 Å². The molecular formula is C14H15F3N4O3. The van der Waals surface area contributed by atoms with Crippen molar-refractivity contribution >= 4 is 5.91 Å². The summed E-state index contributed by atoms with van der Waals surface area (Å²) in [6.07, 6.45) is -3.07. The molecule has 3 heterocycles. The van der Waals surface area contributed by atoms with Gasteiger partial charge in [-0.3, -0.25) is 4.79 Å². The summed E-state index contributed by atoms with van der Waals surface area (Å²) in [5.74, 6) is -0.0120. The number of hydrogen-bond acceptors (Lipinski definition) is 5. The number of aromatic nitrogens is 3. The SMILES string of the molecule is COCCN1CC(c2nc(-c3c[nH]c(C(F)(F)F)c3)no2)CC1=O. The predicted octanol–water partition coefficient (Wildman–Crippen LogP) is 2.05. The number of nitrogens with zero attached hydrogens (tertiary/aromatic N) is 3. The van der Waals surface area contributed by atoms with E-state index >= 15 is 0 Å². The average Bonchev–Trinajstić information content (AvgIpc) is 3.23. The molecule has 1 saturated heterocycles. The van der Waals surface area contributed by atoms with E-state index in [1.54, 1.807) is 12.0 Å². The van der Waals surface area contributed by atoms with Crippen LogP contribution in [0, 0.1) is 0 Å². The number of aromatic amines is 1. The molecule has 1 aliphatic heterocycles. The zero-order chi connectivity index (χ0) is 17.3. The van der Waals surface area contributed by atoms with Crippen LogP contribution in [0.25, 0.3) is 11.4 Å². The summed E-state index contributed by atoms with van der Waals surface area (Å²) in [6, 6.07) is 0.916. The molecule has 10 heteroatoms. The van der Waals surface area contributed by atoms with E-state index < -0.39 is 11.9 Å². The molecule has 2 aromatic rings. The van der Waals surface area contributed by atoms with Crippen molar-refractivity contribution in [2.45, 2.75) is 18.5 Å². The Bertz CT molecular complexity index is 725. The fraction of sp³-hybridized carbons (Fsp3) is 0.500. The minimum Gasteiger partial charge on any atom is -0.383 e. The van der Waals surface area contributed by atoms with Gasteiger partial charge in [-0.05, 0) is 6.07 Å².